The zero-order chi connectivity index (χ0) is 11.9. The lowest BCUT2D eigenvalue weighted by Crippen LogP contribution is -2.51. The van der Waals surface area contributed by atoms with E-state index in [-0.39, 0.29) is 6.04 Å². The van der Waals surface area contributed by atoms with Gasteiger partial charge in [0.2, 0.25) is 0 Å². The summed E-state index contributed by atoms with van der Waals surface area (Å²) in [5, 5.41) is 13.1. The van der Waals surface area contributed by atoms with Crippen molar-refractivity contribution in [1.82, 2.24) is 10.2 Å². The molecule has 0 aromatic carbocycles. The van der Waals surface area contributed by atoms with E-state index in [1.54, 1.807) is 0 Å². The molecular weight excluding hydrogens is 202 g/mol. The summed E-state index contributed by atoms with van der Waals surface area (Å²) in [6.45, 7) is 8.53. The average molecular weight is 227 g/mol. The lowest BCUT2D eigenvalue weighted by Gasteiger charge is -2.25. The smallest absolute Gasteiger partial charge is 0.120 e. The molecule has 0 amide bonds. The van der Waals surface area contributed by atoms with Crippen molar-refractivity contribution in [1.29, 1.82) is 0 Å². The molecule has 1 saturated heterocycles. The highest BCUT2D eigenvalue weighted by atomic mass is 16.3. The van der Waals surface area contributed by atoms with Gasteiger partial charge in [0.25, 0.3) is 0 Å². The Bertz CT molecular complexity index is 251. The maximum atomic E-state index is 9.82. The van der Waals surface area contributed by atoms with Gasteiger partial charge in [-0.2, -0.15) is 0 Å². The lowest BCUT2D eigenvalue weighted by atomic mass is 10.0. The van der Waals surface area contributed by atoms with Crippen LogP contribution in [-0.4, -0.2) is 47.4 Å². The molecule has 4 N–H and O–H groups in total. The van der Waals surface area contributed by atoms with Crippen LogP contribution in [0, 0.1) is 5.41 Å². The SMILES string of the molecule is CC(C)N1C[C@H](NC(O)[C@@H](C)N)C2(CC2)C1. The number of likely N-dealkylation sites (tertiary alicyclic amines) is 1. The van der Waals surface area contributed by atoms with Gasteiger partial charge >= 0.3 is 0 Å². The molecule has 1 spiro atoms. The average Bonchev–Trinajstić information content (AvgIpc) is 2.86. The minimum absolute atomic E-state index is 0.205. The first-order chi connectivity index (χ1) is 7.44. The molecule has 3 atom stereocenters. The summed E-state index contributed by atoms with van der Waals surface area (Å²) in [4.78, 5) is 2.50. The van der Waals surface area contributed by atoms with Crippen molar-refractivity contribution in [3.05, 3.63) is 0 Å². The van der Waals surface area contributed by atoms with Gasteiger partial charge in [-0.3, -0.25) is 10.2 Å². The number of aliphatic hydroxyl groups excluding tert-OH is 1. The standard InChI is InChI=1S/C12H25N3O/c1-8(2)15-6-10(12(7-15)4-5-12)14-11(16)9(3)13/h8-11,14,16H,4-7,13H2,1-3H3/t9-,10+,11?/m1/s1. The van der Waals surface area contributed by atoms with E-state index in [4.69, 9.17) is 5.73 Å². The van der Waals surface area contributed by atoms with Gasteiger partial charge in [0.05, 0.1) is 0 Å². The predicted octanol–water partition coefficient (Wildman–Crippen LogP) is 0.114. The quantitative estimate of drug-likeness (QED) is 0.597. The zero-order valence-electron chi connectivity index (χ0n) is 10.6. The van der Waals surface area contributed by atoms with Crippen molar-refractivity contribution in [2.24, 2.45) is 11.1 Å². The molecule has 94 valence electrons. The van der Waals surface area contributed by atoms with Gasteiger partial charge in [0.15, 0.2) is 0 Å². The lowest BCUT2D eigenvalue weighted by molar-refractivity contribution is 0.0928. The van der Waals surface area contributed by atoms with Crippen molar-refractivity contribution in [2.45, 2.75) is 58.0 Å². The van der Waals surface area contributed by atoms with E-state index in [1.807, 2.05) is 6.92 Å². The van der Waals surface area contributed by atoms with Gasteiger partial charge in [-0.1, -0.05) is 0 Å². The van der Waals surface area contributed by atoms with Crippen molar-refractivity contribution in [3.8, 4) is 0 Å². The van der Waals surface area contributed by atoms with E-state index in [9.17, 15) is 5.11 Å². The van der Waals surface area contributed by atoms with Crippen LogP contribution in [0.4, 0.5) is 0 Å². The molecule has 4 heteroatoms. The van der Waals surface area contributed by atoms with E-state index in [1.165, 1.54) is 19.4 Å². The second kappa shape index (κ2) is 4.26. The second-order valence-corrected chi connectivity index (χ2v) is 5.91. The normalized spacial score (nSPS) is 32.2. The Morgan fingerprint density at radius 2 is 2.00 bits per heavy atom. The molecule has 0 aromatic heterocycles. The summed E-state index contributed by atoms with van der Waals surface area (Å²) in [6.07, 6.45) is 2.01. The van der Waals surface area contributed by atoms with Gasteiger partial charge in [0.1, 0.15) is 6.23 Å². The van der Waals surface area contributed by atoms with Gasteiger partial charge in [-0.05, 0) is 39.0 Å². The van der Waals surface area contributed by atoms with Crippen LogP contribution in [0.3, 0.4) is 0 Å². The van der Waals surface area contributed by atoms with Gasteiger partial charge < -0.3 is 10.8 Å². The molecule has 1 aliphatic carbocycles. The maximum Gasteiger partial charge on any atom is 0.120 e. The third-order valence-corrected chi connectivity index (χ3v) is 4.17. The number of rotatable bonds is 4. The molecule has 1 heterocycles. The fourth-order valence-electron chi connectivity index (χ4n) is 2.66. The Labute approximate surface area is 98.2 Å². The monoisotopic (exact) mass is 227 g/mol. The molecule has 16 heavy (non-hydrogen) atoms. The van der Waals surface area contributed by atoms with E-state index >= 15 is 0 Å². The van der Waals surface area contributed by atoms with Crippen LogP contribution in [0.15, 0.2) is 0 Å². The molecule has 1 unspecified atom stereocenters. The number of aliphatic hydroxyl groups is 1. The summed E-state index contributed by atoms with van der Waals surface area (Å²) in [6, 6.07) is 0.802. The highest BCUT2D eigenvalue weighted by Crippen LogP contribution is 2.53. The van der Waals surface area contributed by atoms with Crippen molar-refractivity contribution in [2.75, 3.05) is 13.1 Å². The Kier molecular flexibility index (Phi) is 3.27. The van der Waals surface area contributed by atoms with Crippen LogP contribution in [0.5, 0.6) is 0 Å². The van der Waals surface area contributed by atoms with Gasteiger partial charge in [-0.25, -0.2) is 0 Å². The molecule has 2 fully saturated rings. The Morgan fingerprint density at radius 1 is 1.38 bits per heavy atom. The maximum absolute atomic E-state index is 9.82. The number of nitrogens with one attached hydrogen (secondary N) is 1. The first kappa shape index (κ1) is 12.3. The fraction of sp³-hybridized carbons (Fsp3) is 1.00. The molecule has 0 aromatic rings. The summed E-state index contributed by atoms with van der Waals surface area (Å²) >= 11 is 0. The molecule has 4 nitrogen and oxygen atoms in total. The molecule has 2 rings (SSSR count). The molecule has 0 bridgehead atoms. The summed E-state index contributed by atoms with van der Waals surface area (Å²) in [5.74, 6) is 0. The summed E-state index contributed by atoms with van der Waals surface area (Å²) in [7, 11) is 0. The Balaban J connectivity index is 1.95. The minimum Gasteiger partial charge on any atom is -0.377 e. The minimum atomic E-state index is -0.574. The molecule has 1 saturated carbocycles. The van der Waals surface area contributed by atoms with Crippen LogP contribution in [-0.2, 0) is 0 Å². The first-order valence-electron chi connectivity index (χ1n) is 6.38. The van der Waals surface area contributed by atoms with Crippen LogP contribution < -0.4 is 11.1 Å². The second-order valence-electron chi connectivity index (χ2n) is 5.91. The third-order valence-electron chi connectivity index (χ3n) is 4.17. The largest absolute Gasteiger partial charge is 0.377 e. The number of nitrogens with zero attached hydrogens (tertiary/aromatic N) is 1. The Morgan fingerprint density at radius 3 is 2.44 bits per heavy atom. The van der Waals surface area contributed by atoms with Crippen LogP contribution in [0.2, 0.25) is 0 Å². The fourth-order valence-corrected chi connectivity index (χ4v) is 2.66. The van der Waals surface area contributed by atoms with Crippen LogP contribution in [0.1, 0.15) is 33.6 Å². The van der Waals surface area contributed by atoms with Crippen molar-refractivity contribution in [3.63, 3.8) is 0 Å². The van der Waals surface area contributed by atoms with Crippen LogP contribution in [0.25, 0.3) is 0 Å². The number of hydrogen-bond acceptors (Lipinski definition) is 4. The van der Waals surface area contributed by atoms with Crippen molar-refractivity contribution < 1.29 is 5.11 Å². The van der Waals surface area contributed by atoms with E-state index in [2.05, 4.69) is 24.1 Å². The first-order valence-corrected chi connectivity index (χ1v) is 6.38. The van der Waals surface area contributed by atoms with Crippen LogP contribution >= 0.6 is 0 Å². The molecule has 2 aliphatic rings. The highest BCUT2D eigenvalue weighted by molar-refractivity contribution is 5.10. The van der Waals surface area contributed by atoms with Gasteiger partial charge in [-0.15, -0.1) is 0 Å². The van der Waals surface area contributed by atoms with Gasteiger partial charge in [0, 0.05) is 31.2 Å². The Hall–Kier alpha value is -0.160. The summed E-state index contributed by atoms with van der Waals surface area (Å²) in [5.41, 5.74) is 6.12. The molecule has 0 radical (unpaired) electrons. The molecule has 1 aliphatic heterocycles. The number of hydrogen-bond donors (Lipinski definition) is 3. The van der Waals surface area contributed by atoms with E-state index < -0.39 is 6.23 Å². The predicted molar refractivity (Wildman–Crippen MR) is 65.0 cm³/mol. The van der Waals surface area contributed by atoms with Crippen molar-refractivity contribution >= 4 is 0 Å². The molecular formula is C12H25N3O. The highest BCUT2D eigenvalue weighted by Gasteiger charge is 2.55. The number of nitrogens with two attached hydrogens (primary N) is 1. The topological polar surface area (TPSA) is 61.5 Å². The van der Waals surface area contributed by atoms with E-state index in [0.29, 0.717) is 17.5 Å². The van der Waals surface area contributed by atoms with E-state index in [0.717, 1.165) is 6.54 Å². The third kappa shape index (κ3) is 2.25. The summed E-state index contributed by atoms with van der Waals surface area (Å²) < 4.78 is 0. The zero-order valence-corrected chi connectivity index (χ0v) is 10.6.